The second-order valence-corrected chi connectivity index (χ2v) is 4.18. The molecule has 2 N–H and O–H groups in total. The minimum absolute atomic E-state index is 0.134. The first-order chi connectivity index (χ1) is 8.16. The summed E-state index contributed by atoms with van der Waals surface area (Å²) >= 11 is 1.34. The summed E-state index contributed by atoms with van der Waals surface area (Å²) in [6.07, 6.45) is 0. The van der Waals surface area contributed by atoms with E-state index in [1.165, 1.54) is 23.5 Å². The number of carboxylic acids is 1. The number of amides is 1. The van der Waals surface area contributed by atoms with Crippen LogP contribution in [-0.4, -0.2) is 17.0 Å². The maximum atomic E-state index is 11.6. The quantitative estimate of drug-likeness (QED) is 0.870. The van der Waals surface area contributed by atoms with Gasteiger partial charge < -0.3 is 14.8 Å². The molecule has 0 aliphatic rings. The van der Waals surface area contributed by atoms with E-state index in [9.17, 15) is 9.59 Å². The Balaban J connectivity index is 1.93. The highest BCUT2D eigenvalue weighted by Crippen LogP contribution is 2.10. The van der Waals surface area contributed by atoms with Crippen LogP contribution < -0.4 is 5.32 Å². The topological polar surface area (TPSA) is 79.5 Å². The van der Waals surface area contributed by atoms with Gasteiger partial charge in [-0.25, -0.2) is 4.79 Å². The summed E-state index contributed by atoms with van der Waals surface area (Å²) in [4.78, 5) is 22.7. The van der Waals surface area contributed by atoms with E-state index in [0.717, 1.165) is 0 Å². The number of furan rings is 1. The van der Waals surface area contributed by atoms with Gasteiger partial charge in [0.25, 0.3) is 5.91 Å². The van der Waals surface area contributed by atoms with Crippen molar-refractivity contribution in [1.29, 1.82) is 0 Å². The number of nitrogens with one attached hydrogen (secondary N) is 1. The van der Waals surface area contributed by atoms with E-state index in [4.69, 9.17) is 9.52 Å². The molecule has 0 aliphatic carbocycles. The van der Waals surface area contributed by atoms with E-state index in [0.29, 0.717) is 10.6 Å². The van der Waals surface area contributed by atoms with Crippen LogP contribution in [-0.2, 0) is 6.54 Å². The summed E-state index contributed by atoms with van der Waals surface area (Å²) in [5.74, 6) is -1.05. The van der Waals surface area contributed by atoms with Crippen LogP contribution in [0.3, 0.4) is 0 Å². The molecule has 0 fully saturated rings. The monoisotopic (exact) mass is 251 g/mol. The predicted octanol–water partition coefficient (Wildman–Crippen LogP) is 1.97. The molecule has 0 aromatic carbocycles. The zero-order valence-corrected chi connectivity index (χ0v) is 9.49. The van der Waals surface area contributed by atoms with E-state index in [2.05, 4.69) is 5.32 Å². The standard InChI is InChI=1S/C11H9NO4S/c13-10(9-2-1-5-17-9)12-6-7-3-4-8(16-7)11(14)15/h1-5H,6H2,(H,12,13)(H,14,15). The Kier molecular flexibility index (Phi) is 3.24. The van der Waals surface area contributed by atoms with Gasteiger partial charge >= 0.3 is 5.97 Å². The summed E-state index contributed by atoms with van der Waals surface area (Å²) in [6, 6.07) is 6.38. The molecule has 0 bridgehead atoms. The largest absolute Gasteiger partial charge is 0.475 e. The van der Waals surface area contributed by atoms with Crippen molar-refractivity contribution in [2.24, 2.45) is 0 Å². The molecule has 6 heteroatoms. The van der Waals surface area contributed by atoms with Crippen LogP contribution in [0, 0.1) is 0 Å². The molecule has 0 saturated heterocycles. The van der Waals surface area contributed by atoms with E-state index in [-0.39, 0.29) is 18.2 Å². The molecule has 5 nitrogen and oxygen atoms in total. The maximum absolute atomic E-state index is 11.6. The van der Waals surface area contributed by atoms with Crippen LogP contribution in [0.15, 0.2) is 34.1 Å². The Morgan fingerprint density at radius 1 is 1.35 bits per heavy atom. The van der Waals surface area contributed by atoms with Gasteiger partial charge in [-0.1, -0.05) is 6.07 Å². The number of hydrogen-bond donors (Lipinski definition) is 2. The Labute approximate surface area is 101 Å². The minimum Gasteiger partial charge on any atom is -0.475 e. The molecule has 0 atom stereocenters. The predicted molar refractivity (Wildman–Crippen MR) is 61.2 cm³/mol. The average molecular weight is 251 g/mol. The highest BCUT2D eigenvalue weighted by atomic mass is 32.1. The molecule has 0 radical (unpaired) electrons. The molecular formula is C11H9NO4S. The van der Waals surface area contributed by atoms with Gasteiger partial charge in [0.2, 0.25) is 5.76 Å². The van der Waals surface area contributed by atoms with Gasteiger partial charge in [0, 0.05) is 0 Å². The lowest BCUT2D eigenvalue weighted by atomic mass is 10.4. The second kappa shape index (κ2) is 4.84. The van der Waals surface area contributed by atoms with E-state index >= 15 is 0 Å². The van der Waals surface area contributed by atoms with Gasteiger partial charge in [-0.2, -0.15) is 0 Å². The van der Waals surface area contributed by atoms with Crippen molar-refractivity contribution in [3.8, 4) is 0 Å². The van der Waals surface area contributed by atoms with Crippen molar-refractivity contribution in [3.05, 3.63) is 46.0 Å². The fourth-order valence-corrected chi connectivity index (χ4v) is 1.89. The third kappa shape index (κ3) is 2.73. The molecule has 2 rings (SSSR count). The number of thiophene rings is 1. The molecule has 1 amide bonds. The fourth-order valence-electron chi connectivity index (χ4n) is 1.25. The van der Waals surface area contributed by atoms with E-state index in [1.54, 1.807) is 12.1 Å². The normalized spacial score (nSPS) is 10.1. The van der Waals surface area contributed by atoms with Gasteiger partial charge in [0.05, 0.1) is 11.4 Å². The number of hydrogen-bond acceptors (Lipinski definition) is 4. The minimum atomic E-state index is -1.12. The SMILES string of the molecule is O=C(O)c1ccc(CNC(=O)c2cccs2)o1. The fraction of sp³-hybridized carbons (Fsp3) is 0.0909. The number of carbonyl (C=O) groups is 2. The van der Waals surface area contributed by atoms with Crippen molar-refractivity contribution in [2.75, 3.05) is 0 Å². The van der Waals surface area contributed by atoms with Gasteiger partial charge in [-0.15, -0.1) is 11.3 Å². The van der Waals surface area contributed by atoms with Crippen molar-refractivity contribution in [2.45, 2.75) is 6.54 Å². The molecular weight excluding hydrogens is 242 g/mol. The van der Waals surface area contributed by atoms with Gasteiger partial charge in [-0.3, -0.25) is 4.79 Å². The molecule has 0 spiro atoms. The highest BCUT2D eigenvalue weighted by molar-refractivity contribution is 7.12. The molecule has 2 heterocycles. The zero-order valence-electron chi connectivity index (χ0n) is 8.67. The summed E-state index contributed by atoms with van der Waals surface area (Å²) in [7, 11) is 0. The summed E-state index contributed by atoms with van der Waals surface area (Å²) in [6.45, 7) is 0.171. The van der Waals surface area contributed by atoms with Crippen LogP contribution in [0.25, 0.3) is 0 Å². The van der Waals surface area contributed by atoms with Crippen LogP contribution in [0.5, 0.6) is 0 Å². The zero-order chi connectivity index (χ0) is 12.3. The third-order valence-electron chi connectivity index (χ3n) is 2.04. The third-order valence-corrected chi connectivity index (χ3v) is 2.91. The van der Waals surface area contributed by atoms with Crippen LogP contribution in [0.1, 0.15) is 26.0 Å². The van der Waals surface area contributed by atoms with Crippen LogP contribution in [0.2, 0.25) is 0 Å². The number of carbonyl (C=O) groups excluding carboxylic acids is 1. The van der Waals surface area contributed by atoms with Crippen molar-refractivity contribution >= 4 is 23.2 Å². The summed E-state index contributed by atoms with van der Waals surface area (Å²) in [5, 5.41) is 13.1. The lowest BCUT2D eigenvalue weighted by Gasteiger charge is -2.00. The molecule has 17 heavy (non-hydrogen) atoms. The molecule has 0 unspecified atom stereocenters. The molecule has 2 aromatic heterocycles. The van der Waals surface area contributed by atoms with Crippen molar-refractivity contribution in [3.63, 3.8) is 0 Å². The smallest absolute Gasteiger partial charge is 0.371 e. The highest BCUT2D eigenvalue weighted by Gasteiger charge is 2.10. The first kappa shape index (κ1) is 11.4. The Bertz CT molecular complexity index is 529. The number of carboxylic acid groups (broad SMARTS) is 1. The number of rotatable bonds is 4. The molecule has 2 aromatic rings. The Morgan fingerprint density at radius 3 is 2.76 bits per heavy atom. The second-order valence-electron chi connectivity index (χ2n) is 3.23. The lowest BCUT2D eigenvalue weighted by molar-refractivity contribution is 0.0660. The maximum Gasteiger partial charge on any atom is 0.371 e. The molecule has 88 valence electrons. The Hall–Kier alpha value is -2.08. The molecule has 0 saturated carbocycles. The van der Waals surface area contributed by atoms with E-state index in [1.807, 2.05) is 5.38 Å². The summed E-state index contributed by atoms with van der Waals surface area (Å²) in [5.41, 5.74) is 0. The van der Waals surface area contributed by atoms with Crippen LogP contribution in [0.4, 0.5) is 0 Å². The van der Waals surface area contributed by atoms with Crippen molar-refractivity contribution in [1.82, 2.24) is 5.32 Å². The lowest BCUT2D eigenvalue weighted by Crippen LogP contribution is -2.21. The number of aromatic carboxylic acids is 1. The first-order valence-corrected chi connectivity index (χ1v) is 5.68. The van der Waals surface area contributed by atoms with E-state index < -0.39 is 5.97 Å². The average Bonchev–Trinajstić information content (AvgIpc) is 2.97. The Morgan fingerprint density at radius 2 is 2.18 bits per heavy atom. The van der Waals surface area contributed by atoms with Crippen molar-refractivity contribution < 1.29 is 19.1 Å². The first-order valence-electron chi connectivity index (χ1n) is 4.80. The summed E-state index contributed by atoms with van der Waals surface area (Å²) < 4.78 is 5.00. The van der Waals surface area contributed by atoms with Gasteiger partial charge in [-0.05, 0) is 23.6 Å². The van der Waals surface area contributed by atoms with Crippen LogP contribution >= 0.6 is 11.3 Å². The van der Waals surface area contributed by atoms with Gasteiger partial charge in [0.15, 0.2) is 0 Å². The van der Waals surface area contributed by atoms with Gasteiger partial charge in [0.1, 0.15) is 5.76 Å². The molecule has 0 aliphatic heterocycles.